The number of rotatable bonds is 4. The van der Waals surface area contributed by atoms with Crippen LogP contribution in [0.1, 0.15) is 36.0 Å². The second kappa shape index (κ2) is 7.20. The summed E-state index contributed by atoms with van der Waals surface area (Å²) in [7, 11) is 3.17. The van der Waals surface area contributed by atoms with Crippen molar-refractivity contribution in [1.82, 2.24) is 10.6 Å². The highest BCUT2D eigenvalue weighted by molar-refractivity contribution is 5.95. The van der Waals surface area contributed by atoms with Gasteiger partial charge >= 0.3 is 0 Å². The van der Waals surface area contributed by atoms with Crippen LogP contribution in [0.15, 0.2) is 18.2 Å². The molecule has 22 heavy (non-hydrogen) atoms. The van der Waals surface area contributed by atoms with E-state index in [0.29, 0.717) is 29.1 Å². The summed E-state index contributed by atoms with van der Waals surface area (Å²) in [4.78, 5) is 12.4. The van der Waals surface area contributed by atoms with E-state index in [1.54, 1.807) is 32.4 Å². The number of benzene rings is 1. The predicted molar refractivity (Wildman–Crippen MR) is 87.2 cm³/mol. The van der Waals surface area contributed by atoms with Gasteiger partial charge in [0.05, 0.1) is 14.2 Å². The summed E-state index contributed by atoms with van der Waals surface area (Å²) in [6.45, 7) is 0. The van der Waals surface area contributed by atoms with Crippen LogP contribution >= 0.6 is 12.4 Å². The van der Waals surface area contributed by atoms with Crippen LogP contribution in [0.2, 0.25) is 0 Å². The van der Waals surface area contributed by atoms with Crippen LogP contribution in [0.4, 0.5) is 0 Å². The fourth-order valence-electron chi connectivity index (χ4n) is 3.38. The Bertz CT molecular complexity index is 504. The van der Waals surface area contributed by atoms with E-state index >= 15 is 0 Å². The van der Waals surface area contributed by atoms with Gasteiger partial charge in [-0.3, -0.25) is 4.79 Å². The SMILES string of the molecule is COc1cc(OC)cc(C(=O)NC2CC3CCC(C2)N3)c1.Cl. The van der Waals surface area contributed by atoms with E-state index in [4.69, 9.17) is 9.47 Å². The third kappa shape index (κ3) is 3.65. The van der Waals surface area contributed by atoms with Crippen LogP contribution < -0.4 is 20.1 Å². The fraction of sp³-hybridized carbons (Fsp3) is 0.562. The maximum absolute atomic E-state index is 12.4. The van der Waals surface area contributed by atoms with E-state index < -0.39 is 0 Å². The van der Waals surface area contributed by atoms with Gasteiger partial charge in [0, 0.05) is 29.8 Å². The Morgan fingerprint density at radius 2 is 1.64 bits per heavy atom. The standard InChI is InChI=1S/C16H22N2O3.ClH/c1-20-14-5-10(6-15(9-14)21-2)16(19)18-13-7-11-3-4-12(8-13)17-11;/h5-6,9,11-13,17H,3-4,7-8H2,1-2H3,(H,18,19);1H. The van der Waals surface area contributed by atoms with Gasteiger partial charge in [-0.15, -0.1) is 12.4 Å². The number of nitrogens with one attached hydrogen (secondary N) is 2. The average molecular weight is 327 g/mol. The molecular formula is C16H23ClN2O3. The molecule has 2 fully saturated rings. The molecule has 3 rings (SSSR count). The van der Waals surface area contributed by atoms with Crippen molar-refractivity contribution in [2.45, 2.75) is 43.8 Å². The first-order valence-corrected chi connectivity index (χ1v) is 7.48. The van der Waals surface area contributed by atoms with E-state index in [1.165, 1.54) is 12.8 Å². The highest BCUT2D eigenvalue weighted by Gasteiger charge is 2.34. The zero-order valence-corrected chi connectivity index (χ0v) is 13.7. The normalized spacial score (nSPS) is 26.0. The number of fused-ring (bicyclic) bond motifs is 2. The molecule has 0 radical (unpaired) electrons. The van der Waals surface area contributed by atoms with Crippen molar-refractivity contribution in [2.75, 3.05) is 14.2 Å². The number of methoxy groups -OCH3 is 2. The topological polar surface area (TPSA) is 59.6 Å². The number of ether oxygens (including phenoxy) is 2. The zero-order valence-electron chi connectivity index (χ0n) is 12.9. The maximum Gasteiger partial charge on any atom is 0.251 e. The molecule has 2 heterocycles. The molecule has 0 spiro atoms. The van der Waals surface area contributed by atoms with E-state index in [-0.39, 0.29) is 24.4 Å². The number of carbonyl (C=O) groups is 1. The summed E-state index contributed by atoms with van der Waals surface area (Å²) >= 11 is 0. The molecule has 1 amide bonds. The Hall–Kier alpha value is -1.46. The van der Waals surface area contributed by atoms with Crippen LogP contribution in [-0.2, 0) is 0 Å². The summed E-state index contributed by atoms with van der Waals surface area (Å²) < 4.78 is 10.4. The Kier molecular flexibility index (Phi) is 5.53. The molecule has 0 aliphatic carbocycles. The molecule has 2 saturated heterocycles. The molecule has 1 aromatic carbocycles. The average Bonchev–Trinajstić information content (AvgIpc) is 2.85. The van der Waals surface area contributed by atoms with Gasteiger partial charge in [-0.1, -0.05) is 0 Å². The van der Waals surface area contributed by atoms with Crippen molar-refractivity contribution in [1.29, 1.82) is 0 Å². The Labute approximate surface area is 137 Å². The maximum atomic E-state index is 12.4. The number of amides is 1. The molecule has 2 bridgehead atoms. The van der Waals surface area contributed by atoms with E-state index in [0.717, 1.165) is 12.8 Å². The van der Waals surface area contributed by atoms with Crippen LogP contribution in [0.3, 0.4) is 0 Å². The molecule has 2 aliphatic rings. The smallest absolute Gasteiger partial charge is 0.251 e. The van der Waals surface area contributed by atoms with Crippen LogP contribution in [0.5, 0.6) is 11.5 Å². The Morgan fingerprint density at radius 1 is 1.09 bits per heavy atom. The van der Waals surface area contributed by atoms with Crippen molar-refractivity contribution in [2.24, 2.45) is 0 Å². The summed E-state index contributed by atoms with van der Waals surface area (Å²) in [6, 6.07) is 6.64. The molecule has 6 heteroatoms. The lowest BCUT2D eigenvalue weighted by atomic mass is 9.99. The molecular weight excluding hydrogens is 304 g/mol. The molecule has 2 aliphatic heterocycles. The van der Waals surface area contributed by atoms with Gasteiger partial charge in [0.1, 0.15) is 11.5 Å². The van der Waals surface area contributed by atoms with Crippen molar-refractivity contribution in [3.05, 3.63) is 23.8 Å². The van der Waals surface area contributed by atoms with Crippen molar-refractivity contribution in [3.8, 4) is 11.5 Å². The number of halogens is 1. The van der Waals surface area contributed by atoms with Crippen LogP contribution in [-0.4, -0.2) is 38.3 Å². The first-order valence-electron chi connectivity index (χ1n) is 7.48. The molecule has 2 N–H and O–H groups in total. The molecule has 2 atom stereocenters. The minimum absolute atomic E-state index is 0. The summed E-state index contributed by atoms with van der Waals surface area (Å²) in [5, 5.41) is 6.73. The van der Waals surface area contributed by atoms with Crippen molar-refractivity contribution < 1.29 is 14.3 Å². The second-order valence-corrected chi connectivity index (χ2v) is 5.88. The van der Waals surface area contributed by atoms with E-state index in [1.807, 2.05) is 0 Å². The minimum Gasteiger partial charge on any atom is -0.497 e. The zero-order chi connectivity index (χ0) is 14.8. The molecule has 0 aromatic heterocycles. The lowest BCUT2D eigenvalue weighted by Crippen LogP contribution is -2.48. The van der Waals surface area contributed by atoms with Gasteiger partial charge in [0.15, 0.2) is 0 Å². The third-order valence-corrected chi connectivity index (χ3v) is 4.42. The molecule has 0 saturated carbocycles. The lowest BCUT2D eigenvalue weighted by molar-refractivity contribution is 0.0923. The minimum atomic E-state index is -0.0569. The number of piperidine rings is 1. The molecule has 122 valence electrons. The quantitative estimate of drug-likeness (QED) is 0.890. The second-order valence-electron chi connectivity index (χ2n) is 5.88. The Morgan fingerprint density at radius 3 is 2.14 bits per heavy atom. The first-order chi connectivity index (χ1) is 10.2. The van der Waals surface area contributed by atoms with Crippen LogP contribution in [0, 0.1) is 0 Å². The lowest BCUT2D eigenvalue weighted by Gasteiger charge is -2.29. The van der Waals surface area contributed by atoms with Gasteiger partial charge < -0.3 is 20.1 Å². The van der Waals surface area contributed by atoms with Crippen molar-refractivity contribution in [3.63, 3.8) is 0 Å². The molecule has 1 aromatic rings. The monoisotopic (exact) mass is 326 g/mol. The largest absolute Gasteiger partial charge is 0.497 e. The van der Waals surface area contributed by atoms with Gasteiger partial charge in [-0.25, -0.2) is 0 Å². The molecule has 2 unspecified atom stereocenters. The fourth-order valence-corrected chi connectivity index (χ4v) is 3.38. The predicted octanol–water partition coefficient (Wildman–Crippen LogP) is 2.14. The van der Waals surface area contributed by atoms with E-state index in [9.17, 15) is 4.79 Å². The van der Waals surface area contributed by atoms with Gasteiger partial charge in [-0.2, -0.15) is 0 Å². The first kappa shape index (κ1) is 16.9. The summed E-state index contributed by atoms with van der Waals surface area (Å²) in [6.07, 6.45) is 4.49. The van der Waals surface area contributed by atoms with Crippen molar-refractivity contribution >= 4 is 18.3 Å². The number of hydrogen-bond donors (Lipinski definition) is 2. The summed E-state index contributed by atoms with van der Waals surface area (Å²) in [5.74, 6) is 1.20. The van der Waals surface area contributed by atoms with E-state index in [2.05, 4.69) is 10.6 Å². The number of hydrogen-bond acceptors (Lipinski definition) is 4. The summed E-state index contributed by atoms with van der Waals surface area (Å²) in [5.41, 5.74) is 0.581. The highest BCUT2D eigenvalue weighted by Crippen LogP contribution is 2.27. The Balaban J connectivity index is 0.00000176. The number of carbonyl (C=O) groups excluding carboxylic acids is 1. The van der Waals surface area contributed by atoms with Gasteiger partial charge in [-0.05, 0) is 37.8 Å². The van der Waals surface area contributed by atoms with Gasteiger partial charge in [0.2, 0.25) is 0 Å². The highest BCUT2D eigenvalue weighted by atomic mass is 35.5. The third-order valence-electron chi connectivity index (χ3n) is 4.42. The van der Waals surface area contributed by atoms with Crippen LogP contribution in [0.25, 0.3) is 0 Å². The molecule has 5 nitrogen and oxygen atoms in total. The van der Waals surface area contributed by atoms with Gasteiger partial charge in [0.25, 0.3) is 5.91 Å².